The Morgan fingerprint density at radius 2 is 2.27 bits per heavy atom. The summed E-state index contributed by atoms with van der Waals surface area (Å²) in [5, 5.41) is 17.4. The van der Waals surface area contributed by atoms with Gasteiger partial charge in [-0.3, -0.25) is 14.7 Å². The van der Waals surface area contributed by atoms with Crippen molar-refractivity contribution in [3.05, 3.63) is 18.0 Å². The van der Waals surface area contributed by atoms with Gasteiger partial charge in [0.15, 0.2) is 0 Å². The fourth-order valence-electron chi connectivity index (χ4n) is 1.18. The van der Waals surface area contributed by atoms with E-state index in [0.717, 1.165) is 0 Å². The van der Waals surface area contributed by atoms with E-state index < -0.39 is 11.5 Å². The fraction of sp³-hybridized carbons (Fsp3) is 0.444. The summed E-state index contributed by atoms with van der Waals surface area (Å²) in [7, 11) is 0. The molecule has 0 aliphatic heterocycles. The number of hydrogen-bond acceptors (Lipinski definition) is 3. The Morgan fingerprint density at radius 3 is 2.73 bits per heavy atom. The molecule has 0 radical (unpaired) electrons. The van der Waals surface area contributed by atoms with Crippen molar-refractivity contribution in [2.75, 3.05) is 0 Å². The fourth-order valence-corrected chi connectivity index (χ4v) is 1.18. The van der Waals surface area contributed by atoms with E-state index in [1.165, 1.54) is 12.3 Å². The molecule has 0 unspecified atom stereocenters. The van der Waals surface area contributed by atoms with Crippen LogP contribution in [0.1, 0.15) is 30.8 Å². The van der Waals surface area contributed by atoms with E-state index in [4.69, 9.17) is 5.11 Å². The molecule has 0 saturated carbocycles. The van der Waals surface area contributed by atoms with E-state index in [9.17, 15) is 9.59 Å². The number of carbonyl (C=O) groups is 2. The van der Waals surface area contributed by atoms with Gasteiger partial charge in [-0.25, -0.2) is 0 Å². The summed E-state index contributed by atoms with van der Waals surface area (Å²) in [6.07, 6.45) is 1.33. The smallest absolute Gasteiger partial charge is 0.305 e. The van der Waals surface area contributed by atoms with Gasteiger partial charge in [-0.15, -0.1) is 0 Å². The molecule has 0 aromatic carbocycles. The van der Waals surface area contributed by atoms with Crippen LogP contribution >= 0.6 is 0 Å². The molecule has 0 spiro atoms. The molecule has 0 fully saturated rings. The van der Waals surface area contributed by atoms with Gasteiger partial charge in [-0.2, -0.15) is 5.10 Å². The molecule has 1 rings (SSSR count). The van der Waals surface area contributed by atoms with Crippen LogP contribution < -0.4 is 5.32 Å². The van der Waals surface area contributed by atoms with Crippen molar-refractivity contribution >= 4 is 11.9 Å². The number of carboxylic acids is 1. The number of aliphatic carboxylic acids is 1. The van der Waals surface area contributed by atoms with Gasteiger partial charge in [0.1, 0.15) is 5.69 Å². The van der Waals surface area contributed by atoms with Gasteiger partial charge >= 0.3 is 5.97 Å². The number of aromatic nitrogens is 2. The zero-order valence-electron chi connectivity index (χ0n) is 8.57. The van der Waals surface area contributed by atoms with Crippen LogP contribution in [0, 0.1) is 0 Å². The minimum absolute atomic E-state index is 0.132. The van der Waals surface area contributed by atoms with Crippen LogP contribution in [-0.2, 0) is 4.79 Å². The van der Waals surface area contributed by atoms with E-state index in [1.807, 2.05) is 0 Å². The number of carboxylic acid groups (broad SMARTS) is 1. The van der Waals surface area contributed by atoms with Crippen molar-refractivity contribution in [1.29, 1.82) is 0 Å². The van der Waals surface area contributed by atoms with Gasteiger partial charge in [0.2, 0.25) is 0 Å². The molecular formula is C9H13N3O3. The Morgan fingerprint density at radius 1 is 1.60 bits per heavy atom. The van der Waals surface area contributed by atoms with Crippen molar-refractivity contribution in [2.45, 2.75) is 25.8 Å². The molecule has 1 amide bonds. The average Bonchev–Trinajstić information content (AvgIpc) is 2.50. The SMILES string of the molecule is CC(C)(CC(=O)O)NC(=O)c1ccn[nH]1. The van der Waals surface area contributed by atoms with E-state index >= 15 is 0 Å². The Balaban J connectivity index is 2.61. The maximum Gasteiger partial charge on any atom is 0.305 e. The first-order chi connectivity index (χ1) is 6.91. The third kappa shape index (κ3) is 3.41. The van der Waals surface area contributed by atoms with E-state index in [1.54, 1.807) is 13.8 Å². The van der Waals surface area contributed by atoms with Crippen LogP contribution in [0.25, 0.3) is 0 Å². The number of nitrogens with zero attached hydrogens (tertiary/aromatic N) is 1. The lowest BCUT2D eigenvalue weighted by atomic mass is 10.0. The number of rotatable bonds is 4. The first kappa shape index (κ1) is 11.2. The molecule has 0 aliphatic rings. The van der Waals surface area contributed by atoms with Gasteiger partial charge in [0.05, 0.1) is 6.42 Å². The Hall–Kier alpha value is -1.85. The van der Waals surface area contributed by atoms with E-state index in [-0.39, 0.29) is 12.3 Å². The molecule has 82 valence electrons. The van der Waals surface area contributed by atoms with Gasteiger partial charge < -0.3 is 10.4 Å². The predicted octanol–water partition coefficient (Wildman–Crippen LogP) is 0.393. The highest BCUT2D eigenvalue weighted by Gasteiger charge is 2.24. The molecule has 0 aliphatic carbocycles. The van der Waals surface area contributed by atoms with Crippen LogP contribution in [0.2, 0.25) is 0 Å². The summed E-state index contributed by atoms with van der Waals surface area (Å²) in [4.78, 5) is 22.0. The molecule has 1 heterocycles. The third-order valence-electron chi connectivity index (χ3n) is 1.79. The van der Waals surface area contributed by atoms with Gasteiger partial charge in [-0.05, 0) is 19.9 Å². The number of amides is 1. The molecule has 1 aromatic heterocycles. The summed E-state index contributed by atoms with van der Waals surface area (Å²) in [5.41, 5.74) is -0.470. The second-order valence-corrected chi connectivity index (χ2v) is 3.88. The monoisotopic (exact) mass is 211 g/mol. The molecule has 0 bridgehead atoms. The Kier molecular flexibility index (Phi) is 3.08. The summed E-state index contributed by atoms with van der Waals surface area (Å²) in [6.45, 7) is 3.30. The lowest BCUT2D eigenvalue weighted by Gasteiger charge is -2.23. The number of aromatic amines is 1. The van der Waals surface area contributed by atoms with E-state index in [0.29, 0.717) is 5.69 Å². The standard InChI is InChI=1S/C9H13N3O3/c1-9(2,5-7(13)14)11-8(15)6-3-4-10-12-6/h3-4H,5H2,1-2H3,(H,10,12)(H,11,15)(H,13,14). The van der Waals surface area contributed by atoms with Crippen LogP contribution in [0.15, 0.2) is 12.3 Å². The molecular weight excluding hydrogens is 198 g/mol. The molecule has 0 atom stereocenters. The second kappa shape index (κ2) is 4.12. The molecule has 1 aromatic rings. The molecule has 15 heavy (non-hydrogen) atoms. The minimum Gasteiger partial charge on any atom is -0.481 e. The Bertz CT molecular complexity index is 357. The van der Waals surface area contributed by atoms with Crippen molar-refractivity contribution in [3.63, 3.8) is 0 Å². The largest absolute Gasteiger partial charge is 0.481 e. The van der Waals surface area contributed by atoms with Crippen molar-refractivity contribution in [1.82, 2.24) is 15.5 Å². The first-order valence-corrected chi connectivity index (χ1v) is 4.44. The summed E-state index contributed by atoms with van der Waals surface area (Å²) in [5.74, 6) is -1.32. The van der Waals surface area contributed by atoms with Crippen LogP contribution in [0.3, 0.4) is 0 Å². The average molecular weight is 211 g/mol. The zero-order chi connectivity index (χ0) is 11.5. The maximum atomic E-state index is 11.5. The maximum absolute atomic E-state index is 11.5. The van der Waals surface area contributed by atoms with Crippen LogP contribution in [0.4, 0.5) is 0 Å². The third-order valence-corrected chi connectivity index (χ3v) is 1.79. The Labute approximate surface area is 86.7 Å². The normalized spacial score (nSPS) is 11.1. The minimum atomic E-state index is -0.954. The van der Waals surface area contributed by atoms with Crippen LogP contribution in [0.5, 0.6) is 0 Å². The summed E-state index contributed by atoms with van der Waals surface area (Å²) < 4.78 is 0. The molecule has 6 nitrogen and oxygen atoms in total. The number of carbonyl (C=O) groups excluding carboxylic acids is 1. The van der Waals surface area contributed by atoms with Gasteiger partial charge in [0, 0.05) is 11.7 Å². The topological polar surface area (TPSA) is 95.1 Å². The lowest BCUT2D eigenvalue weighted by Crippen LogP contribution is -2.45. The number of H-pyrrole nitrogens is 1. The van der Waals surface area contributed by atoms with E-state index in [2.05, 4.69) is 15.5 Å². The van der Waals surface area contributed by atoms with Crippen molar-refractivity contribution in [2.24, 2.45) is 0 Å². The highest BCUT2D eigenvalue weighted by atomic mass is 16.4. The van der Waals surface area contributed by atoms with Gasteiger partial charge in [-0.1, -0.05) is 0 Å². The summed E-state index contributed by atoms with van der Waals surface area (Å²) in [6, 6.07) is 1.52. The highest BCUT2D eigenvalue weighted by molar-refractivity contribution is 5.92. The molecule has 0 saturated heterocycles. The van der Waals surface area contributed by atoms with Crippen LogP contribution in [-0.4, -0.2) is 32.7 Å². The molecule has 3 N–H and O–H groups in total. The zero-order valence-corrected chi connectivity index (χ0v) is 8.57. The number of hydrogen-bond donors (Lipinski definition) is 3. The second-order valence-electron chi connectivity index (χ2n) is 3.88. The summed E-state index contributed by atoms with van der Waals surface area (Å²) >= 11 is 0. The molecule has 6 heteroatoms. The highest BCUT2D eigenvalue weighted by Crippen LogP contribution is 2.09. The first-order valence-electron chi connectivity index (χ1n) is 4.44. The van der Waals surface area contributed by atoms with Crippen molar-refractivity contribution < 1.29 is 14.7 Å². The lowest BCUT2D eigenvalue weighted by molar-refractivity contribution is -0.138. The predicted molar refractivity (Wildman–Crippen MR) is 52.4 cm³/mol. The van der Waals surface area contributed by atoms with Gasteiger partial charge in [0.25, 0.3) is 5.91 Å². The quantitative estimate of drug-likeness (QED) is 0.671. The van der Waals surface area contributed by atoms with Crippen molar-refractivity contribution in [3.8, 4) is 0 Å². The number of nitrogens with one attached hydrogen (secondary N) is 2.